The van der Waals surface area contributed by atoms with Crippen LogP contribution in [0, 0.1) is 0 Å². The molecule has 2 fully saturated rings. The van der Waals surface area contributed by atoms with Gasteiger partial charge in [0, 0.05) is 6.04 Å². The highest BCUT2D eigenvalue weighted by atomic mass is 16.7. The molecule has 3 nitrogen and oxygen atoms in total. The first-order chi connectivity index (χ1) is 7.29. The predicted octanol–water partition coefficient (Wildman–Crippen LogP) is 2.06. The number of ether oxygens (including phenoxy) is 2. The molecule has 0 saturated carbocycles. The maximum Gasteiger partial charge on any atom is 0.168 e. The standard InChI is InChI=1S/C12H23NO2/c1-3-12(4-2)14-9-11(15-12)10-7-5-6-8-13-10/h10-11,13H,3-9H2,1-2H3/t10-,11+/m0/s1. The molecule has 2 atom stereocenters. The van der Waals surface area contributed by atoms with Crippen molar-refractivity contribution in [1.29, 1.82) is 0 Å². The zero-order valence-electron chi connectivity index (χ0n) is 9.92. The third-order valence-corrected chi connectivity index (χ3v) is 3.75. The third-order valence-electron chi connectivity index (χ3n) is 3.75. The highest BCUT2D eigenvalue weighted by Crippen LogP contribution is 2.32. The lowest BCUT2D eigenvalue weighted by Crippen LogP contribution is -2.45. The van der Waals surface area contributed by atoms with Crippen LogP contribution < -0.4 is 5.32 Å². The van der Waals surface area contributed by atoms with Crippen molar-refractivity contribution in [2.45, 2.75) is 63.9 Å². The van der Waals surface area contributed by atoms with Crippen LogP contribution in [0.15, 0.2) is 0 Å². The summed E-state index contributed by atoms with van der Waals surface area (Å²) in [7, 11) is 0. The minimum atomic E-state index is -0.288. The van der Waals surface area contributed by atoms with Gasteiger partial charge in [-0.1, -0.05) is 20.3 Å². The summed E-state index contributed by atoms with van der Waals surface area (Å²) in [6.45, 7) is 6.18. The van der Waals surface area contributed by atoms with Gasteiger partial charge in [0.1, 0.15) is 0 Å². The van der Waals surface area contributed by atoms with Crippen molar-refractivity contribution in [1.82, 2.24) is 5.32 Å². The SMILES string of the molecule is CCC1(CC)OC[C@H]([C@@H]2CCCCN2)O1. The van der Waals surface area contributed by atoms with Crippen LogP contribution in [-0.4, -0.2) is 31.1 Å². The number of nitrogens with one attached hydrogen (secondary N) is 1. The summed E-state index contributed by atoms with van der Waals surface area (Å²) in [5, 5.41) is 3.54. The van der Waals surface area contributed by atoms with Gasteiger partial charge in [-0.15, -0.1) is 0 Å². The summed E-state index contributed by atoms with van der Waals surface area (Å²) in [5.74, 6) is -0.288. The Kier molecular flexibility index (Phi) is 3.65. The van der Waals surface area contributed by atoms with Gasteiger partial charge in [-0.2, -0.15) is 0 Å². The maximum absolute atomic E-state index is 6.10. The largest absolute Gasteiger partial charge is 0.347 e. The second kappa shape index (κ2) is 4.81. The molecular formula is C12H23NO2. The summed E-state index contributed by atoms with van der Waals surface area (Å²) in [6.07, 6.45) is 6.03. The molecule has 15 heavy (non-hydrogen) atoms. The molecule has 0 amide bonds. The number of hydrogen-bond donors (Lipinski definition) is 1. The van der Waals surface area contributed by atoms with Crippen molar-refractivity contribution in [3.05, 3.63) is 0 Å². The van der Waals surface area contributed by atoms with E-state index in [1.165, 1.54) is 19.3 Å². The van der Waals surface area contributed by atoms with Crippen LogP contribution >= 0.6 is 0 Å². The van der Waals surface area contributed by atoms with Gasteiger partial charge in [0.2, 0.25) is 0 Å². The fraction of sp³-hybridized carbons (Fsp3) is 1.00. The molecule has 0 spiro atoms. The third kappa shape index (κ3) is 2.35. The van der Waals surface area contributed by atoms with Crippen molar-refractivity contribution >= 4 is 0 Å². The molecule has 0 aromatic heterocycles. The van der Waals surface area contributed by atoms with Crippen molar-refractivity contribution in [3.63, 3.8) is 0 Å². The molecule has 2 saturated heterocycles. The van der Waals surface area contributed by atoms with Crippen LogP contribution in [0.4, 0.5) is 0 Å². The lowest BCUT2D eigenvalue weighted by molar-refractivity contribution is -0.175. The van der Waals surface area contributed by atoms with E-state index in [4.69, 9.17) is 9.47 Å². The van der Waals surface area contributed by atoms with Crippen molar-refractivity contribution < 1.29 is 9.47 Å². The molecule has 2 aliphatic rings. The van der Waals surface area contributed by atoms with E-state index in [9.17, 15) is 0 Å². The average Bonchev–Trinajstić information content (AvgIpc) is 2.75. The topological polar surface area (TPSA) is 30.5 Å². The fourth-order valence-electron chi connectivity index (χ4n) is 2.59. The van der Waals surface area contributed by atoms with E-state index in [1.807, 2.05) is 0 Å². The number of piperidine rings is 1. The monoisotopic (exact) mass is 213 g/mol. The summed E-state index contributed by atoms with van der Waals surface area (Å²) in [5.41, 5.74) is 0. The second-order valence-electron chi connectivity index (χ2n) is 4.64. The van der Waals surface area contributed by atoms with Crippen LogP contribution in [0.25, 0.3) is 0 Å². The summed E-state index contributed by atoms with van der Waals surface area (Å²) in [6, 6.07) is 0.513. The molecule has 0 unspecified atom stereocenters. The van der Waals surface area contributed by atoms with Crippen LogP contribution in [0.1, 0.15) is 46.0 Å². The zero-order valence-corrected chi connectivity index (χ0v) is 9.92. The highest BCUT2D eigenvalue weighted by molar-refractivity contribution is 4.87. The van der Waals surface area contributed by atoms with Gasteiger partial charge in [0.15, 0.2) is 5.79 Å². The normalized spacial score (nSPS) is 35.6. The first-order valence-corrected chi connectivity index (χ1v) is 6.35. The Morgan fingerprint density at radius 1 is 1.27 bits per heavy atom. The van der Waals surface area contributed by atoms with Gasteiger partial charge >= 0.3 is 0 Å². The zero-order chi connectivity index (χ0) is 10.7. The summed E-state index contributed by atoms with van der Waals surface area (Å²) < 4.78 is 11.9. The van der Waals surface area contributed by atoms with Gasteiger partial charge in [-0.3, -0.25) is 0 Å². The Hall–Kier alpha value is -0.120. The van der Waals surface area contributed by atoms with Crippen LogP contribution in [0.5, 0.6) is 0 Å². The molecule has 2 heterocycles. The van der Waals surface area contributed by atoms with E-state index < -0.39 is 0 Å². The van der Waals surface area contributed by atoms with E-state index in [2.05, 4.69) is 19.2 Å². The molecule has 88 valence electrons. The summed E-state index contributed by atoms with van der Waals surface area (Å²) in [4.78, 5) is 0. The molecule has 0 aliphatic carbocycles. The van der Waals surface area contributed by atoms with Crippen LogP contribution in [0.3, 0.4) is 0 Å². The van der Waals surface area contributed by atoms with Crippen molar-refractivity contribution in [2.75, 3.05) is 13.2 Å². The first kappa shape index (κ1) is 11.4. The van der Waals surface area contributed by atoms with E-state index in [-0.39, 0.29) is 11.9 Å². The van der Waals surface area contributed by atoms with E-state index in [0.29, 0.717) is 6.04 Å². The number of hydrogen-bond acceptors (Lipinski definition) is 3. The van der Waals surface area contributed by atoms with Crippen LogP contribution in [-0.2, 0) is 9.47 Å². The van der Waals surface area contributed by atoms with Gasteiger partial charge in [-0.25, -0.2) is 0 Å². The molecule has 0 aromatic rings. The van der Waals surface area contributed by atoms with Crippen molar-refractivity contribution in [2.24, 2.45) is 0 Å². The van der Waals surface area contributed by atoms with E-state index in [0.717, 1.165) is 26.0 Å². The summed E-state index contributed by atoms with van der Waals surface area (Å²) >= 11 is 0. The van der Waals surface area contributed by atoms with Crippen LogP contribution in [0.2, 0.25) is 0 Å². The van der Waals surface area contributed by atoms with E-state index in [1.54, 1.807) is 0 Å². The molecule has 0 aromatic carbocycles. The lowest BCUT2D eigenvalue weighted by Gasteiger charge is -2.30. The highest BCUT2D eigenvalue weighted by Gasteiger charge is 2.41. The molecule has 2 rings (SSSR count). The molecule has 0 bridgehead atoms. The van der Waals surface area contributed by atoms with E-state index >= 15 is 0 Å². The fourth-order valence-corrected chi connectivity index (χ4v) is 2.59. The number of rotatable bonds is 3. The Labute approximate surface area is 92.5 Å². The molecule has 2 aliphatic heterocycles. The second-order valence-corrected chi connectivity index (χ2v) is 4.64. The van der Waals surface area contributed by atoms with Gasteiger partial charge in [0.05, 0.1) is 12.7 Å². The minimum Gasteiger partial charge on any atom is -0.347 e. The lowest BCUT2D eigenvalue weighted by atomic mass is 10.0. The van der Waals surface area contributed by atoms with Gasteiger partial charge < -0.3 is 14.8 Å². The Balaban J connectivity index is 1.90. The minimum absolute atomic E-state index is 0.269. The molecule has 3 heteroatoms. The predicted molar refractivity (Wildman–Crippen MR) is 59.8 cm³/mol. The Morgan fingerprint density at radius 2 is 2.07 bits per heavy atom. The van der Waals surface area contributed by atoms with Gasteiger partial charge in [0.25, 0.3) is 0 Å². The molecular weight excluding hydrogens is 190 g/mol. The Morgan fingerprint density at radius 3 is 2.60 bits per heavy atom. The first-order valence-electron chi connectivity index (χ1n) is 6.35. The van der Waals surface area contributed by atoms with Gasteiger partial charge in [-0.05, 0) is 32.2 Å². The van der Waals surface area contributed by atoms with Crippen molar-refractivity contribution in [3.8, 4) is 0 Å². The molecule has 1 N–H and O–H groups in total. The quantitative estimate of drug-likeness (QED) is 0.778. The smallest absolute Gasteiger partial charge is 0.168 e. The Bertz CT molecular complexity index is 198. The molecule has 0 radical (unpaired) electrons. The maximum atomic E-state index is 6.10. The average molecular weight is 213 g/mol.